The molecule has 4 heteroatoms. The minimum absolute atomic E-state index is 0.194. The highest BCUT2D eigenvalue weighted by atomic mass is 79.9. The highest BCUT2D eigenvalue weighted by Gasteiger charge is 2.14. The number of halogens is 2. The Morgan fingerprint density at radius 1 is 1.11 bits per heavy atom. The van der Waals surface area contributed by atoms with E-state index in [1.54, 1.807) is 25.1 Å². The molecule has 0 radical (unpaired) electrons. The van der Waals surface area contributed by atoms with Crippen molar-refractivity contribution in [1.29, 1.82) is 0 Å². The van der Waals surface area contributed by atoms with Crippen molar-refractivity contribution >= 4 is 21.9 Å². The maximum atomic E-state index is 13.9. The van der Waals surface area contributed by atoms with Crippen molar-refractivity contribution in [2.45, 2.75) is 13.8 Å². The smallest absolute Gasteiger partial charge is 0.335 e. The van der Waals surface area contributed by atoms with Gasteiger partial charge in [-0.2, -0.15) is 0 Å². The first kappa shape index (κ1) is 13.7. The molecule has 0 saturated carbocycles. The van der Waals surface area contributed by atoms with Crippen LogP contribution in [0.15, 0.2) is 34.8 Å². The summed E-state index contributed by atoms with van der Waals surface area (Å²) < 4.78 is 14.7. The molecule has 0 heterocycles. The second kappa shape index (κ2) is 5.13. The first-order valence-electron chi connectivity index (χ1n) is 5.70. The summed E-state index contributed by atoms with van der Waals surface area (Å²) in [6.07, 6.45) is 0. The summed E-state index contributed by atoms with van der Waals surface area (Å²) in [5.41, 5.74) is 2.71. The third kappa shape index (κ3) is 2.68. The molecule has 19 heavy (non-hydrogen) atoms. The molecule has 98 valence electrons. The number of carboxylic acid groups (broad SMARTS) is 1. The average Bonchev–Trinajstić information content (AvgIpc) is 2.32. The fourth-order valence-electron chi connectivity index (χ4n) is 2.08. The van der Waals surface area contributed by atoms with Crippen molar-refractivity contribution in [1.82, 2.24) is 0 Å². The summed E-state index contributed by atoms with van der Waals surface area (Å²) in [6, 6.07) is 7.91. The van der Waals surface area contributed by atoms with E-state index in [1.807, 2.05) is 6.92 Å². The highest BCUT2D eigenvalue weighted by Crippen LogP contribution is 2.30. The maximum absolute atomic E-state index is 13.9. The van der Waals surface area contributed by atoms with Crippen molar-refractivity contribution < 1.29 is 14.3 Å². The van der Waals surface area contributed by atoms with Crippen LogP contribution in [0.3, 0.4) is 0 Å². The fourth-order valence-corrected chi connectivity index (χ4v) is 2.44. The van der Waals surface area contributed by atoms with Crippen LogP contribution in [0.25, 0.3) is 11.1 Å². The van der Waals surface area contributed by atoms with E-state index < -0.39 is 5.97 Å². The summed E-state index contributed by atoms with van der Waals surface area (Å²) in [5.74, 6) is -1.37. The van der Waals surface area contributed by atoms with Crippen LogP contribution < -0.4 is 0 Å². The summed E-state index contributed by atoms with van der Waals surface area (Å²) in [5, 5.41) is 9.15. The molecular weight excluding hydrogens is 311 g/mol. The van der Waals surface area contributed by atoms with Gasteiger partial charge in [0.1, 0.15) is 5.82 Å². The molecule has 2 aromatic carbocycles. The van der Waals surface area contributed by atoms with Crippen molar-refractivity contribution in [2.24, 2.45) is 0 Å². The van der Waals surface area contributed by atoms with Crippen LogP contribution in [0.2, 0.25) is 0 Å². The van der Waals surface area contributed by atoms with Crippen LogP contribution in [0, 0.1) is 19.7 Å². The molecule has 0 amide bonds. The van der Waals surface area contributed by atoms with Gasteiger partial charge in [-0.1, -0.05) is 22.0 Å². The van der Waals surface area contributed by atoms with Gasteiger partial charge in [0.15, 0.2) is 0 Å². The van der Waals surface area contributed by atoms with E-state index in [1.165, 1.54) is 12.1 Å². The van der Waals surface area contributed by atoms with Crippen molar-refractivity contribution in [2.75, 3.05) is 0 Å². The first-order valence-corrected chi connectivity index (χ1v) is 6.49. The quantitative estimate of drug-likeness (QED) is 0.879. The standard InChI is InChI=1S/C15H12BrFO2/c1-8-5-9(2)12(15(18)19)7-11(8)13-6-10(16)3-4-14(13)17/h3-7H,1-2H3,(H,18,19). The van der Waals surface area contributed by atoms with Crippen molar-refractivity contribution in [3.05, 3.63) is 57.3 Å². The molecular formula is C15H12BrFO2. The van der Waals surface area contributed by atoms with Gasteiger partial charge in [0, 0.05) is 10.0 Å². The molecule has 2 aromatic rings. The average molecular weight is 323 g/mol. The summed E-state index contributed by atoms with van der Waals surface area (Å²) in [6.45, 7) is 3.58. The van der Waals surface area contributed by atoms with E-state index in [-0.39, 0.29) is 11.4 Å². The van der Waals surface area contributed by atoms with Gasteiger partial charge in [0.25, 0.3) is 0 Å². The largest absolute Gasteiger partial charge is 0.478 e. The SMILES string of the molecule is Cc1cc(C)c(-c2cc(Br)ccc2F)cc1C(=O)O. The van der Waals surface area contributed by atoms with E-state index in [4.69, 9.17) is 5.11 Å². The van der Waals surface area contributed by atoms with Gasteiger partial charge < -0.3 is 5.11 Å². The maximum Gasteiger partial charge on any atom is 0.335 e. The summed E-state index contributed by atoms with van der Waals surface area (Å²) >= 11 is 3.30. The molecule has 0 fully saturated rings. The van der Waals surface area contributed by atoms with E-state index >= 15 is 0 Å². The molecule has 0 aliphatic carbocycles. The topological polar surface area (TPSA) is 37.3 Å². The predicted octanol–water partition coefficient (Wildman–Crippen LogP) is 4.57. The van der Waals surface area contributed by atoms with Crippen LogP contribution >= 0.6 is 15.9 Å². The van der Waals surface area contributed by atoms with Crippen LogP contribution in [0.4, 0.5) is 4.39 Å². The Hall–Kier alpha value is -1.68. The molecule has 0 aromatic heterocycles. The molecule has 0 aliphatic heterocycles. The molecule has 2 rings (SSSR count). The van der Waals surface area contributed by atoms with Crippen LogP contribution in [-0.4, -0.2) is 11.1 Å². The van der Waals surface area contributed by atoms with E-state index in [0.717, 1.165) is 10.0 Å². The van der Waals surface area contributed by atoms with E-state index in [9.17, 15) is 9.18 Å². The molecule has 0 unspecified atom stereocenters. The van der Waals surface area contributed by atoms with E-state index in [2.05, 4.69) is 15.9 Å². The highest BCUT2D eigenvalue weighted by molar-refractivity contribution is 9.10. The Morgan fingerprint density at radius 3 is 2.42 bits per heavy atom. The molecule has 0 saturated heterocycles. The van der Waals surface area contributed by atoms with Crippen LogP contribution in [0.5, 0.6) is 0 Å². The van der Waals surface area contributed by atoms with Crippen molar-refractivity contribution in [3.8, 4) is 11.1 Å². The molecule has 0 bridgehead atoms. The number of hydrogen-bond donors (Lipinski definition) is 1. The van der Waals surface area contributed by atoms with Gasteiger partial charge in [-0.15, -0.1) is 0 Å². The lowest BCUT2D eigenvalue weighted by Gasteiger charge is -2.11. The Labute approximate surface area is 119 Å². The molecule has 2 nitrogen and oxygen atoms in total. The third-order valence-corrected chi connectivity index (χ3v) is 3.51. The molecule has 0 atom stereocenters. The zero-order valence-electron chi connectivity index (χ0n) is 10.5. The van der Waals surface area contributed by atoms with Gasteiger partial charge >= 0.3 is 5.97 Å². The van der Waals surface area contributed by atoms with Gasteiger partial charge in [0.2, 0.25) is 0 Å². The Morgan fingerprint density at radius 2 is 1.79 bits per heavy atom. The van der Waals surface area contributed by atoms with Crippen molar-refractivity contribution in [3.63, 3.8) is 0 Å². The zero-order valence-corrected chi connectivity index (χ0v) is 12.1. The number of aryl methyl sites for hydroxylation is 2. The van der Waals surface area contributed by atoms with E-state index in [0.29, 0.717) is 16.7 Å². The fraction of sp³-hybridized carbons (Fsp3) is 0.133. The Kier molecular flexibility index (Phi) is 3.71. The number of hydrogen-bond acceptors (Lipinski definition) is 1. The minimum atomic E-state index is -1.01. The lowest BCUT2D eigenvalue weighted by Crippen LogP contribution is -2.01. The Bertz CT molecular complexity index is 665. The third-order valence-electron chi connectivity index (χ3n) is 3.02. The molecule has 1 N–H and O–H groups in total. The molecule has 0 aliphatic rings. The molecule has 0 spiro atoms. The monoisotopic (exact) mass is 322 g/mol. The van der Waals surface area contributed by atoms with Gasteiger partial charge in [0.05, 0.1) is 5.56 Å². The number of benzene rings is 2. The van der Waals surface area contributed by atoms with Crippen LogP contribution in [-0.2, 0) is 0 Å². The number of rotatable bonds is 2. The Balaban J connectivity index is 2.71. The summed E-state index contributed by atoms with van der Waals surface area (Å²) in [7, 11) is 0. The number of aromatic carboxylic acids is 1. The number of carbonyl (C=O) groups is 1. The summed E-state index contributed by atoms with van der Waals surface area (Å²) in [4.78, 5) is 11.2. The number of carboxylic acids is 1. The van der Waals surface area contributed by atoms with Gasteiger partial charge in [-0.3, -0.25) is 0 Å². The van der Waals surface area contributed by atoms with Gasteiger partial charge in [-0.05, 0) is 54.8 Å². The van der Waals surface area contributed by atoms with Gasteiger partial charge in [-0.25, -0.2) is 9.18 Å². The zero-order chi connectivity index (χ0) is 14.2. The second-order valence-electron chi connectivity index (χ2n) is 4.41. The lowest BCUT2D eigenvalue weighted by atomic mass is 9.95. The lowest BCUT2D eigenvalue weighted by molar-refractivity contribution is 0.0696. The normalized spacial score (nSPS) is 10.5. The second-order valence-corrected chi connectivity index (χ2v) is 5.33. The first-order chi connectivity index (χ1) is 8.90. The minimum Gasteiger partial charge on any atom is -0.478 e. The predicted molar refractivity (Wildman–Crippen MR) is 76.0 cm³/mol. The van der Waals surface area contributed by atoms with Crippen LogP contribution in [0.1, 0.15) is 21.5 Å².